The molecule has 0 aliphatic carbocycles. The molecule has 0 saturated carbocycles. The Hall–Kier alpha value is -3.19. The van der Waals surface area contributed by atoms with Gasteiger partial charge in [-0.1, -0.05) is 30.3 Å². The van der Waals surface area contributed by atoms with Crippen LogP contribution in [-0.4, -0.2) is 46.7 Å². The van der Waals surface area contributed by atoms with Gasteiger partial charge < -0.3 is 19.5 Å². The van der Waals surface area contributed by atoms with E-state index in [9.17, 15) is 9.59 Å². The van der Waals surface area contributed by atoms with Crippen LogP contribution in [0.25, 0.3) is 11.0 Å². The maximum Gasteiger partial charge on any atom is 0.249 e. The molecule has 7 nitrogen and oxygen atoms in total. The first-order valence-electron chi connectivity index (χ1n) is 11.2. The first-order valence-corrected chi connectivity index (χ1v) is 11.2. The van der Waals surface area contributed by atoms with E-state index in [2.05, 4.69) is 5.32 Å². The molecule has 1 aliphatic heterocycles. The van der Waals surface area contributed by atoms with Gasteiger partial charge in [-0.05, 0) is 51.0 Å². The van der Waals surface area contributed by atoms with Crippen LogP contribution in [0.3, 0.4) is 0 Å². The molecule has 168 valence electrons. The lowest BCUT2D eigenvalue weighted by molar-refractivity contribution is -0.130. The number of imidazole rings is 1. The number of rotatable bonds is 8. The molecule has 2 aromatic carbocycles. The predicted octanol–water partition coefficient (Wildman–Crippen LogP) is 3.32. The lowest BCUT2D eigenvalue weighted by Gasteiger charge is -2.27. The van der Waals surface area contributed by atoms with Crippen LogP contribution < -0.4 is 10.2 Å². The second-order valence-corrected chi connectivity index (χ2v) is 8.34. The van der Waals surface area contributed by atoms with Gasteiger partial charge in [0.2, 0.25) is 11.8 Å². The summed E-state index contributed by atoms with van der Waals surface area (Å²) in [7, 11) is 0. The van der Waals surface area contributed by atoms with E-state index in [0.29, 0.717) is 19.6 Å². The van der Waals surface area contributed by atoms with Crippen molar-refractivity contribution in [2.24, 2.45) is 0 Å². The highest BCUT2D eigenvalue weighted by Gasteiger charge is 2.24. The van der Waals surface area contributed by atoms with Crippen molar-refractivity contribution < 1.29 is 14.3 Å². The summed E-state index contributed by atoms with van der Waals surface area (Å²) in [6, 6.07) is 17.6. The van der Waals surface area contributed by atoms with E-state index >= 15 is 0 Å². The minimum atomic E-state index is -0.346. The van der Waals surface area contributed by atoms with E-state index in [0.717, 1.165) is 35.4 Å². The van der Waals surface area contributed by atoms with Crippen LogP contribution in [0.15, 0.2) is 54.6 Å². The average molecular weight is 435 g/mol. The van der Waals surface area contributed by atoms with Crippen molar-refractivity contribution in [3.8, 4) is 0 Å². The normalized spacial score (nSPS) is 15.9. The first kappa shape index (κ1) is 22.0. The number of carbonyl (C=O) groups is 2. The van der Waals surface area contributed by atoms with Crippen molar-refractivity contribution in [1.82, 2.24) is 14.9 Å². The zero-order valence-electron chi connectivity index (χ0n) is 18.7. The Balaban J connectivity index is 1.53. The average Bonchev–Trinajstić information content (AvgIpc) is 3.43. The summed E-state index contributed by atoms with van der Waals surface area (Å²) < 4.78 is 7.42. The number of nitrogens with one attached hydrogen (secondary N) is 1. The third-order valence-electron chi connectivity index (χ3n) is 5.72. The summed E-state index contributed by atoms with van der Waals surface area (Å²) >= 11 is 0. The van der Waals surface area contributed by atoms with E-state index in [1.807, 2.05) is 77.9 Å². The number of benzene rings is 2. The van der Waals surface area contributed by atoms with E-state index in [-0.39, 0.29) is 30.5 Å². The SMILES string of the molecule is CC(C)N(C(=O)Cn1c(CCNC(=O)C2CCCO2)nc2ccccc21)c1ccccc1. The molecule has 2 heterocycles. The van der Waals surface area contributed by atoms with Crippen LogP contribution in [-0.2, 0) is 27.3 Å². The fraction of sp³-hybridized carbons (Fsp3) is 0.400. The van der Waals surface area contributed by atoms with E-state index in [1.54, 1.807) is 0 Å². The number of carbonyl (C=O) groups excluding carboxylic acids is 2. The van der Waals surface area contributed by atoms with Crippen LogP contribution in [0.4, 0.5) is 5.69 Å². The van der Waals surface area contributed by atoms with Crippen molar-refractivity contribution in [2.75, 3.05) is 18.1 Å². The van der Waals surface area contributed by atoms with Gasteiger partial charge in [-0.2, -0.15) is 0 Å². The molecular formula is C25H30N4O3. The largest absolute Gasteiger partial charge is 0.368 e. The molecule has 1 N–H and O–H groups in total. The van der Waals surface area contributed by atoms with Crippen LogP contribution in [0, 0.1) is 0 Å². The van der Waals surface area contributed by atoms with Gasteiger partial charge in [-0.3, -0.25) is 9.59 Å². The minimum Gasteiger partial charge on any atom is -0.368 e. The molecule has 3 aromatic rings. The summed E-state index contributed by atoms with van der Waals surface area (Å²) in [4.78, 5) is 32.2. The summed E-state index contributed by atoms with van der Waals surface area (Å²) in [6.07, 6.45) is 1.88. The van der Waals surface area contributed by atoms with E-state index in [1.165, 1.54) is 0 Å². The van der Waals surface area contributed by atoms with Crippen LogP contribution in [0.2, 0.25) is 0 Å². The van der Waals surface area contributed by atoms with Gasteiger partial charge in [0.05, 0.1) is 11.0 Å². The van der Waals surface area contributed by atoms with Gasteiger partial charge in [0.15, 0.2) is 0 Å². The number of aromatic nitrogens is 2. The lowest BCUT2D eigenvalue weighted by atomic mass is 10.2. The number of hydrogen-bond donors (Lipinski definition) is 1. The molecule has 1 aromatic heterocycles. The Morgan fingerprint density at radius 3 is 2.62 bits per heavy atom. The van der Waals surface area contributed by atoms with Crippen LogP contribution >= 0.6 is 0 Å². The van der Waals surface area contributed by atoms with Crippen molar-refractivity contribution in [1.29, 1.82) is 0 Å². The van der Waals surface area contributed by atoms with Crippen molar-refractivity contribution in [3.05, 3.63) is 60.4 Å². The minimum absolute atomic E-state index is 0.000931. The number of ether oxygens (including phenoxy) is 1. The predicted molar refractivity (Wildman–Crippen MR) is 124 cm³/mol. The lowest BCUT2D eigenvalue weighted by Crippen LogP contribution is -2.39. The van der Waals surface area contributed by atoms with Gasteiger partial charge in [0.1, 0.15) is 18.5 Å². The third kappa shape index (κ3) is 4.83. The zero-order chi connectivity index (χ0) is 22.5. The van der Waals surface area contributed by atoms with Gasteiger partial charge in [-0.15, -0.1) is 0 Å². The number of fused-ring (bicyclic) bond motifs is 1. The molecule has 0 spiro atoms. The highest BCUT2D eigenvalue weighted by molar-refractivity contribution is 5.94. The summed E-state index contributed by atoms with van der Waals surface area (Å²) in [6.45, 7) is 5.30. The number of anilines is 1. The second-order valence-electron chi connectivity index (χ2n) is 8.34. The van der Waals surface area contributed by atoms with Gasteiger partial charge >= 0.3 is 0 Å². The Kier molecular flexibility index (Phi) is 6.85. The quantitative estimate of drug-likeness (QED) is 0.590. The highest BCUT2D eigenvalue weighted by Crippen LogP contribution is 2.21. The van der Waals surface area contributed by atoms with E-state index < -0.39 is 0 Å². The van der Waals surface area contributed by atoms with Gasteiger partial charge in [0, 0.05) is 31.3 Å². The Labute approximate surface area is 188 Å². The topological polar surface area (TPSA) is 76.5 Å². The zero-order valence-corrected chi connectivity index (χ0v) is 18.7. The van der Waals surface area contributed by atoms with Crippen molar-refractivity contribution in [2.45, 2.75) is 51.8 Å². The smallest absolute Gasteiger partial charge is 0.249 e. The number of hydrogen-bond acceptors (Lipinski definition) is 4. The van der Waals surface area contributed by atoms with Crippen molar-refractivity contribution in [3.63, 3.8) is 0 Å². The molecule has 1 saturated heterocycles. The summed E-state index contributed by atoms with van der Waals surface area (Å²) in [5, 5.41) is 2.95. The molecule has 1 aliphatic rings. The number of amides is 2. The fourth-order valence-electron chi connectivity index (χ4n) is 4.22. The van der Waals surface area contributed by atoms with Crippen molar-refractivity contribution >= 4 is 28.5 Å². The Morgan fingerprint density at radius 2 is 1.91 bits per heavy atom. The molecule has 1 atom stereocenters. The maximum absolute atomic E-state index is 13.4. The van der Waals surface area contributed by atoms with Gasteiger partial charge in [-0.25, -0.2) is 4.98 Å². The van der Waals surface area contributed by atoms with Gasteiger partial charge in [0.25, 0.3) is 0 Å². The fourth-order valence-corrected chi connectivity index (χ4v) is 4.22. The number of para-hydroxylation sites is 3. The molecule has 0 radical (unpaired) electrons. The Bertz CT molecular complexity index is 1070. The third-order valence-corrected chi connectivity index (χ3v) is 5.72. The Morgan fingerprint density at radius 1 is 1.16 bits per heavy atom. The maximum atomic E-state index is 13.4. The summed E-state index contributed by atoms with van der Waals surface area (Å²) in [5.74, 6) is 0.708. The molecule has 1 unspecified atom stereocenters. The number of nitrogens with zero attached hydrogens (tertiary/aromatic N) is 3. The molecular weight excluding hydrogens is 404 g/mol. The molecule has 0 bridgehead atoms. The second kappa shape index (κ2) is 9.96. The summed E-state index contributed by atoms with van der Waals surface area (Å²) in [5.41, 5.74) is 2.64. The van der Waals surface area contributed by atoms with E-state index in [4.69, 9.17) is 9.72 Å². The molecule has 4 rings (SSSR count). The molecule has 2 amide bonds. The standard InChI is InChI=1S/C25H30N4O3/c1-18(2)29(19-9-4-3-5-10-19)24(30)17-28-21-12-7-6-11-20(21)27-23(28)14-15-26-25(31)22-13-8-16-32-22/h3-7,9-12,18,22H,8,13-17H2,1-2H3,(H,26,31). The highest BCUT2D eigenvalue weighted by atomic mass is 16.5. The first-order chi connectivity index (χ1) is 15.5. The van der Waals surface area contributed by atoms with Crippen LogP contribution in [0.5, 0.6) is 0 Å². The molecule has 1 fully saturated rings. The monoisotopic (exact) mass is 434 g/mol. The molecule has 32 heavy (non-hydrogen) atoms. The molecule has 7 heteroatoms. The van der Waals surface area contributed by atoms with Crippen LogP contribution in [0.1, 0.15) is 32.5 Å².